The third-order valence-corrected chi connectivity index (χ3v) is 13.5. The fourth-order valence-electron chi connectivity index (χ4n) is 9.04. The van der Waals surface area contributed by atoms with Gasteiger partial charge >= 0.3 is 0 Å². The first-order chi connectivity index (χ1) is 39.0. The predicted octanol–water partition coefficient (Wildman–Crippen LogP) is -10.6. The number of carbonyl (C=O) groups is 6. The number of nitrogens with zero attached hydrogens (tertiary/aromatic N) is 7. The molecule has 21 N–H and O–H groups in total. The maximum Gasteiger partial charge on any atom is 0.235 e. The molecule has 4 unspecified atom stereocenters. The Balaban J connectivity index is 2.21. The third kappa shape index (κ3) is 35.1. The Morgan fingerprint density at radius 2 is 0.951 bits per heavy atom. The highest BCUT2D eigenvalue weighted by Crippen LogP contribution is 2.25. The van der Waals surface area contributed by atoms with Crippen LogP contribution in [0.15, 0.2) is 0 Å². The lowest BCUT2D eigenvalue weighted by molar-refractivity contribution is -0.128. The molecule has 0 aromatic heterocycles. The zero-order chi connectivity index (χ0) is 59.7. The van der Waals surface area contributed by atoms with Crippen molar-refractivity contribution in [3.63, 3.8) is 0 Å². The molecular weight excluding hydrogens is 1060 g/mol. The van der Waals surface area contributed by atoms with Gasteiger partial charge in [-0.25, -0.2) is 0 Å². The number of β-amino-alcohol motifs (C(OH)–C–C–N with tert-alkyl or cyclic N) is 1. The van der Waals surface area contributed by atoms with Crippen LogP contribution in [0.25, 0.3) is 0 Å². The Morgan fingerprint density at radius 1 is 0.543 bits per heavy atom. The zero-order valence-electron chi connectivity index (χ0n) is 48.4. The highest BCUT2D eigenvalue weighted by atomic mass is 16.5. The maximum absolute atomic E-state index is 13.3. The molecule has 2 heterocycles. The molecule has 6 amide bonds. The average Bonchev–Trinajstić information content (AvgIpc) is 3.46. The van der Waals surface area contributed by atoms with E-state index in [1.807, 2.05) is 26.5 Å². The van der Waals surface area contributed by atoms with Crippen molar-refractivity contribution in [1.29, 1.82) is 0 Å². The van der Waals surface area contributed by atoms with E-state index in [1.165, 1.54) is 9.80 Å². The largest absolute Gasteiger partial charge is 0.391 e. The molecule has 0 bridgehead atoms. The highest BCUT2D eigenvalue weighted by Gasteiger charge is 2.32. The van der Waals surface area contributed by atoms with E-state index >= 15 is 0 Å². The number of nitrogens with two attached hydrogens (primary N) is 6. The number of hydrogen-bond acceptors (Lipinski definition) is 25. The van der Waals surface area contributed by atoms with Gasteiger partial charge in [0.25, 0.3) is 0 Å². The van der Waals surface area contributed by atoms with E-state index in [9.17, 15) is 44.1 Å². The number of aliphatic hydroxyl groups excluding tert-OH is 3. The predicted molar refractivity (Wildman–Crippen MR) is 306 cm³/mol. The summed E-state index contributed by atoms with van der Waals surface area (Å²) >= 11 is 0. The summed E-state index contributed by atoms with van der Waals surface area (Å²) in [5, 5.41) is 51.0. The van der Waals surface area contributed by atoms with Crippen LogP contribution < -0.4 is 66.3 Å². The summed E-state index contributed by atoms with van der Waals surface area (Å²) in [4.78, 5) is 90.6. The van der Waals surface area contributed by atoms with E-state index in [0.29, 0.717) is 137 Å². The minimum atomic E-state index is -1.18. The molecule has 4 atom stereocenters. The smallest absolute Gasteiger partial charge is 0.235 e. The van der Waals surface area contributed by atoms with Gasteiger partial charge in [0.15, 0.2) is 0 Å². The highest BCUT2D eigenvalue weighted by molar-refractivity contribution is 5.82. The van der Waals surface area contributed by atoms with Crippen molar-refractivity contribution in [2.24, 2.45) is 39.8 Å². The van der Waals surface area contributed by atoms with E-state index in [-0.39, 0.29) is 154 Å². The van der Waals surface area contributed by atoms with Crippen LogP contribution in [-0.2, 0) is 43.0 Å². The number of carbonyl (C=O) groups excluding carboxylic acids is 6. The molecule has 2 saturated heterocycles. The van der Waals surface area contributed by atoms with Crippen LogP contribution in [0.4, 0.5) is 0 Å². The Hall–Kier alpha value is -3.94. The Kier molecular flexibility index (Phi) is 40.3. The van der Waals surface area contributed by atoms with Gasteiger partial charge in [-0.15, -0.1) is 0 Å². The lowest BCUT2D eigenvalue weighted by Crippen LogP contribution is -2.48. The van der Waals surface area contributed by atoms with Gasteiger partial charge in [0.1, 0.15) is 0 Å². The average molecular weight is 1160 g/mol. The van der Waals surface area contributed by atoms with Gasteiger partial charge in [-0.2, -0.15) is 0 Å². The van der Waals surface area contributed by atoms with Crippen molar-refractivity contribution in [1.82, 2.24) is 66.2 Å². The standard InChI is InChI=1S/C50H105N19O12/c1-2-50(38-81-35-43(72)26-69-31-47(76)60-13-24-66(20-9-56)40-62-49(78)32-69,36-79-33-41(70)3-14-67-27-44(73)59-12-23-65(19-8-55)39-61-48(77)28-67)37-80-34-42(71)25-68(29-45(74)57-10-21-63(15-4-51)16-5-52)30-46(75)58-11-22-64(17-6-53)18-7-54/h41-43,70-72H,2-40,51-56H2,1H3,(H,57,74)(H,58,75)(H,59,73)(H,60,76)(H,61,77)(H,62,78). The summed E-state index contributed by atoms with van der Waals surface area (Å²) < 4.78 is 18.5. The summed E-state index contributed by atoms with van der Waals surface area (Å²) in [5.74, 6) is -1.91. The molecule has 0 aromatic rings. The van der Waals surface area contributed by atoms with Crippen LogP contribution in [0, 0.1) is 5.41 Å². The van der Waals surface area contributed by atoms with E-state index in [1.54, 1.807) is 4.90 Å². The number of rotatable bonds is 42. The molecule has 0 spiro atoms. The van der Waals surface area contributed by atoms with Crippen molar-refractivity contribution >= 4 is 35.4 Å². The second-order valence-electron chi connectivity index (χ2n) is 20.8. The summed E-state index contributed by atoms with van der Waals surface area (Å²) in [6.45, 7) is 10.4. The first-order valence-electron chi connectivity index (χ1n) is 28.6. The van der Waals surface area contributed by atoms with E-state index < -0.39 is 23.7 Å². The summed E-state index contributed by atoms with van der Waals surface area (Å²) in [6, 6.07) is 0. The van der Waals surface area contributed by atoms with Crippen molar-refractivity contribution in [2.75, 3.05) is 243 Å². The zero-order valence-corrected chi connectivity index (χ0v) is 48.4. The van der Waals surface area contributed by atoms with Gasteiger partial charge in [0.05, 0.1) is 111 Å². The molecule has 0 aromatic carbocycles. The minimum Gasteiger partial charge on any atom is -0.391 e. The fourth-order valence-corrected chi connectivity index (χ4v) is 9.04. The number of ether oxygens (including phenoxy) is 3. The summed E-state index contributed by atoms with van der Waals surface area (Å²) in [7, 11) is 0. The number of hydrogen-bond donors (Lipinski definition) is 15. The molecule has 0 saturated carbocycles. The first kappa shape index (κ1) is 73.2. The van der Waals surface area contributed by atoms with Crippen LogP contribution in [-0.4, -0.2) is 346 Å². The van der Waals surface area contributed by atoms with Gasteiger partial charge in [0.2, 0.25) is 35.4 Å². The minimum absolute atomic E-state index is 0.0112. The van der Waals surface area contributed by atoms with Crippen molar-refractivity contribution < 1.29 is 58.3 Å². The molecule has 2 rings (SSSR count). The molecule has 0 radical (unpaired) electrons. The molecular formula is C50H105N19O12. The van der Waals surface area contributed by atoms with Gasteiger partial charge < -0.3 is 95.8 Å². The SMILES string of the molecule is CCC(COCC(O)CCN1CC(=O)NCCN(CCN)CNC(=O)C1)(COCC(O)CN(CC(=O)NCCN(CCN)CCN)CC(=O)NCCN(CCN)CCN)COCC(O)CN1CC(=O)NCCN(CCN)CNC(=O)C1. The normalized spacial score (nSPS) is 18.3. The van der Waals surface area contributed by atoms with E-state index in [4.69, 9.17) is 48.6 Å². The number of amides is 6. The molecule has 2 aliphatic rings. The second kappa shape index (κ2) is 44.6. The molecule has 2 fully saturated rings. The Bertz CT molecular complexity index is 1690. The third-order valence-electron chi connectivity index (χ3n) is 13.5. The maximum atomic E-state index is 13.3. The lowest BCUT2D eigenvalue weighted by Gasteiger charge is -2.33. The molecule has 31 nitrogen and oxygen atoms in total. The van der Waals surface area contributed by atoms with Gasteiger partial charge in [-0.1, -0.05) is 6.92 Å². The summed E-state index contributed by atoms with van der Waals surface area (Å²) in [5.41, 5.74) is 33.5. The Labute approximate surface area is 479 Å². The molecule has 81 heavy (non-hydrogen) atoms. The molecule has 31 heteroatoms. The first-order valence-corrected chi connectivity index (χ1v) is 28.6. The van der Waals surface area contributed by atoms with Crippen LogP contribution in [0.5, 0.6) is 0 Å². The van der Waals surface area contributed by atoms with Crippen LogP contribution in [0.2, 0.25) is 0 Å². The summed E-state index contributed by atoms with van der Waals surface area (Å²) in [6.07, 6.45) is -2.75. The van der Waals surface area contributed by atoms with E-state index in [2.05, 4.69) is 31.9 Å². The van der Waals surface area contributed by atoms with Crippen molar-refractivity contribution in [2.45, 2.75) is 38.1 Å². The number of aliphatic hydroxyl groups is 3. The van der Waals surface area contributed by atoms with Crippen LogP contribution in [0.3, 0.4) is 0 Å². The Morgan fingerprint density at radius 3 is 1.37 bits per heavy atom. The fraction of sp³-hybridized carbons (Fsp3) is 0.880. The van der Waals surface area contributed by atoms with Gasteiger partial charge in [0, 0.05) is 156 Å². The topological polar surface area (TPSA) is 442 Å². The van der Waals surface area contributed by atoms with Crippen LogP contribution in [0.1, 0.15) is 19.8 Å². The van der Waals surface area contributed by atoms with Crippen molar-refractivity contribution in [3.05, 3.63) is 0 Å². The molecule has 0 aliphatic carbocycles. The second-order valence-corrected chi connectivity index (χ2v) is 20.8. The van der Waals surface area contributed by atoms with Gasteiger partial charge in [-0.05, 0) is 12.8 Å². The van der Waals surface area contributed by atoms with Crippen LogP contribution >= 0.6 is 0 Å². The van der Waals surface area contributed by atoms with Crippen molar-refractivity contribution in [3.8, 4) is 0 Å². The lowest BCUT2D eigenvalue weighted by atomic mass is 9.88. The monoisotopic (exact) mass is 1160 g/mol. The van der Waals surface area contributed by atoms with E-state index in [0.717, 1.165) is 0 Å². The molecule has 2 aliphatic heterocycles. The number of nitrogens with one attached hydrogen (secondary N) is 6. The molecule has 472 valence electrons. The van der Waals surface area contributed by atoms with Gasteiger partial charge in [-0.3, -0.25) is 63.1 Å². The quantitative estimate of drug-likeness (QED) is 0.0270.